The van der Waals surface area contributed by atoms with E-state index in [0.29, 0.717) is 16.5 Å². The molecule has 0 unspecified atom stereocenters. The van der Waals surface area contributed by atoms with Gasteiger partial charge < -0.3 is 4.42 Å². The van der Waals surface area contributed by atoms with Crippen LogP contribution in [0, 0.1) is 27.7 Å². The maximum absolute atomic E-state index is 12.4. The first-order valence-corrected chi connectivity index (χ1v) is 6.48. The second-order valence-electron chi connectivity index (χ2n) is 4.79. The highest BCUT2D eigenvalue weighted by Crippen LogP contribution is 2.25. The summed E-state index contributed by atoms with van der Waals surface area (Å²) in [5, 5.41) is 4.73. The van der Waals surface area contributed by atoms with Crippen molar-refractivity contribution in [2.75, 3.05) is 0 Å². The lowest BCUT2D eigenvalue weighted by Gasteiger charge is -2.01. The molecular formula is C14H17ClN2O2. The van der Waals surface area contributed by atoms with Crippen molar-refractivity contribution in [3.8, 4) is 0 Å². The van der Waals surface area contributed by atoms with Crippen LogP contribution >= 0.6 is 11.6 Å². The molecule has 19 heavy (non-hydrogen) atoms. The molecule has 0 aliphatic rings. The second-order valence-corrected chi connectivity index (χ2v) is 5.15. The predicted molar refractivity (Wildman–Crippen MR) is 73.9 cm³/mol. The zero-order chi connectivity index (χ0) is 14.3. The number of hydrogen-bond donors (Lipinski definition) is 0. The van der Waals surface area contributed by atoms with Gasteiger partial charge in [0.15, 0.2) is 5.78 Å². The molecule has 0 aliphatic heterocycles. The summed E-state index contributed by atoms with van der Waals surface area (Å²) in [6.07, 6.45) is 0.249. The van der Waals surface area contributed by atoms with Crippen LogP contribution in [-0.2, 0) is 13.5 Å². The molecule has 0 spiro atoms. The molecule has 2 heterocycles. The number of carbonyl (C=O) groups excluding carboxylic acids is 1. The van der Waals surface area contributed by atoms with Crippen molar-refractivity contribution in [1.29, 1.82) is 0 Å². The molecule has 0 aromatic carbocycles. The van der Waals surface area contributed by atoms with E-state index in [4.69, 9.17) is 16.0 Å². The van der Waals surface area contributed by atoms with Gasteiger partial charge in [-0.05, 0) is 27.7 Å². The van der Waals surface area contributed by atoms with Gasteiger partial charge in [-0.15, -0.1) is 0 Å². The normalized spacial score (nSPS) is 11.1. The van der Waals surface area contributed by atoms with Crippen LogP contribution in [0.25, 0.3) is 0 Å². The van der Waals surface area contributed by atoms with Crippen molar-refractivity contribution < 1.29 is 9.21 Å². The molecule has 2 aromatic rings. The van der Waals surface area contributed by atoms with Crippen LogP contribution in [0.5, 0.6) is 0 Å². The first-order chi connectivity index (χ1) is 8.82. The van der Waals surface area contributed by atoms with E-state index in [1.165, 1.54) is 0 Å². The Hall–Kier alpha value is -1.55. The largest absolute Gasteiger partial charge is 0.466 e. The molecular weight excluding hydrogens is 264 g/mol. The number of aryl methyl sites for hydroxylation is 4. The van der Waals surface area contributed by atoms with Gasteiger partial charge in [0.05, 0.1) is 11.3 Å². The molecule has 0 fully saturated rings. The number of carbonyl (C=O) groups is 1. The van der Waals surface area contributed by atoms with Gasteiger partial charge in [-0.3, -0.25) is 9.48 Å². The number of nitrogens with zero attached hydrogens (tertiary/aromatic N) is 2. The Morgan fingerprint density at radius 3 is 2.32 bits per heavy atom. The quantitative estimate of drug-likeness (QED) is 0.810. The van der Waals surface area contributed by atoms with Crippen molar-refractivity contribution in [1.82, 2.24) is 9.78 Å². The zero-order valence-electron chi connectivity index (χ0n) is 11.8. The minimum absolute atomic E-state index is 0.0184. The van der Waals surface area contributed by atoms with E-state index in [9.17, 15) is 4.79 Å². The van der Waals surface area contributed by atoms with Gasteiger partial charge in [-0.1, -0.05) is 11.6 Å². The second kappa shape index (κ2) is 4.85. The van der Waals surface area contributed by atoms with Gasteiger partial charge in [0, 0.05) is 24.6 Å². The number of rotatable bonds is 3. The Morgan fingerprint density at radius 2 is 1.89 bits per heavy atom. The Labute approximate surface area is 117 Å². The van der Waals surface area contributed by atoms with Gasteiger partial charge in [0.1, 0.15) is 16.7 Å². The fourth-order valence-electron chi connectivity index (χ4n) is 2.33. The third-order valence-corrected chi connectivity index (χ3v) is 3.92. The molecule has 5 heteroatoms. The molecule has 0 radical (unpaired) electrons. The van der Waals surface area contributed by atoms with Crippen LogP contribution in [0.4, 0.5) is 0 Å². The summed E-state index contributed by atoms with van der Waals surface area (Å²) in [6.45, 7) is 7.43. The molecule has 0 saturated carbocycles. The summed E-state index contributed by atoms with van der Waals surface area (Å²) >= 11 is 6.16. The Kier molecular flexibility index (Phi) is 3.54. The van der Waals surface area contributed by atoms with Crippen LogP contribution in [-0.4, -0.2) is 15.6 Å². The van der Waals surface area contributed by atoms with E-state index >= 15 is 0 Å². The highest BCUT2D eigenvalue weighted by molar-refractivity contribution is 6.30. The molecule has 2 rings (SSSR count). The average Bonchev–Trinajstić information content (AvgIpc) is 2.70. The van der Waals surface area contributed by atoms with Crippen molar-refractivity contribution in [2.24, 2.45) is 7.05 Å². The summed E-state index contributed by atoms with van der Waals surface area (Å²) in [5.74, 6) is 1.47. The number of halogens is 1. The average molecular weight is 281 g/mol. The van der Waals surface area contributed by atoms with Crippen LogP contribution in [0.1, 0.15) is 38.7 Å². The number of hydrogen-bond acceptors (Lipinski definition) is 3. The lowest BCUT2D eigenvalue weighted by molar-refractivity contribution is 0.0991. The highest BCUT2D eigenvalue weighted by Gasteiger charge is 2.22. The number of Topliss-reactive ketones (excluding diaryl/α,β-unsaturated/α-hetero) is 1. The van der Waals surface area contributed by atoms with Crippen molar-refractivity contribution in [2.45, 2.75) is 34.1 Å². The monoisotopic (exact) mass is 280 g/mol. The predicted octanol–water partition coefficient (Wildman–Crippen LogP) is 3.33. The molecule has 0 saturated heterocycles. The number of aromatic nitrogens is 2. The molecule has 0 amide bonds. The summed E-state index contributed by atoms with van der Waals surface area (Å²) in [5.41, 5.74) is 3.14. The lowest BCUT2D eigenvalue weighted by atomic mass is 10.0. The summed E-state index contributed by atoms with van der Waals surface area (Å²) in [6, 6.07) is 0. The van der Waals surface area contributed by atoms with Crippen LogP contribution in [0.15, 0.2) is 4.42 Å². The van der Waals surface area contributed by atoms with Gasteiger partial charge in [-0.25, -0.2) is 0 Å². The topological polar surface area (TPSA) is 48.0 Å². The fourth-order valence-corrected chi connectivity index (χ4v) is 2.57. The minimum Gasteiger partial charge on any atom is -0.466 e. The molecule has 2 aromatic heterocycles. The van der Waals surface area contributed by atoms with Crippen molar-refractivity contribution in [3.05, 3.63) is 39.1 Å². The van der Waals surface area contributed by atoms with Gasteiger partial charge >= 0.3 is 0 Å². The Morgan fingerprint density at radius 1 is 1.26 bits per heavy atom. The van der Waals surface area contributed by atoms with E-state index in [1.54, 1.807) is 11.7 Å². The minimum atomic E-state index is 0.0184. The van der Waals surface area contributed by atoms with E-state index in [-0.39, 0.29) is 12.2 Å². The van der Waals surface area contributed by atoms with E-state index < -0.39 is 0 Å². The van der Waals surface area contributed by atoms with Gasteiger partial charge in [-0.2, -0.15) is 5.10 Å². The summed E-state index contributed by atoms with van der Waals surface area (Å²) < 4.78 is 7.08. The maximum Gasteiger partial charge on any atom is 0.171 e. The Balaban J connectivity index is 2.36. The molecule has 102 valence electrons. The zero-order valence-corrected chi connectivity index (χ0v) is 12.6. The van der Waals surface area contributed by atoms with Crippen molar-refractivity contribution in [3.63, 3.8) is 0 Å². The number of ketones is 1. The SMILES string of the molecule is Cc1nn(C)c(Cl)c1CC(=O)c1c(C)oc(C)c1C. The van der Waals surface area contributed by atoms with E-state index in [2.05, 4.69) is 5.10 Å². The first-order valence-electron chi connectivity index (χ1n) is 6.10. The maximum atomic E-state index is 12.4. The standard InChI is InChI=1S/C14H17ClN2O2/c1-7-9(3)19-10(4)13(7)12(18)6-11-8(2)16-17(5)14(11)15/h6H2,1-5H3. The van der Waals surface area contributed by atoms with Crippen LogP contribution in [0.2, 0.25) is 5.15 Å². The summed E-state index contributed by atoms with van der Waals surface area (Å²) in [4.78, 5) is 12.4. The van der Waals surface area contributed by atoms with E-state index in [1.807, 2.05) is 27.7 Å². The van der Waals surface area contributed by atoms with Crippen LogP contribution in [0.3, 0.4) is 0 Å². The van der Waals surface area contributed by atoms with Crippen molar-refractivity contribution >= 4 is 17.4 Å². The van der Waals surface area contributed by atoms with Crippen LogP contribution < -0.4 is 0 Å². The number of furan rings is 1. The van der Waals surface area contributed by atoms with E-state index in [0.717, 1.165) is 22.6 Å². The van der Waals surface area contributed by atoms with Gasteiger partial charge in [0.2, 0.25) is 0 Å². The molecule has 0 atom stereocenters. The molecule has 0 bridgehead atoms. The lowest BCUT2D eigenvalue weighted by Crippen LogP contribution is -2.06. The highest BCUT2D eigenvalue weighted by atomic mass is 35.5. The molecule has 0 aliphatic carbocycles. The molecule has 4 nitrogen and oxygen atoms in total. The Bertz CT molecular complexity index is 653. The first kappa shape index (κ1) is 13.9. The fraction of sp³-hybridized carbons (Fsp3) is 0.429. The smallest absolute Gasteiger partial charge is 0.171 e. The molecule has 0 N–H and O–H groups in total. The third-order valence-electron chi connectivity index (χ3n) is 3.45. The third kappa shape index (κ3) is 2.32. The van der Waals surface area contributed by atoms with Gasteiger partial charge in [0.25, 0.3) is 0 Å². The summed E-state index contributed by atoms with van der Waals surface area (Å²) in [7, 11) is 1.77.